The predicted molar refractivity (Wildman–Crippen MR) is 153 cm³/mol. The highest BCUT2D eigenvalue weighted by atomic mass is 16.8. The number of carbonyl (C=O) groups excluding carboxylic acids is 4. The molecule has 0 aromatic heterocycles. The van der Waals surface area contributed by atoms with Crippen LogP contribution in [0.5, 0.6) is 0 Å². The molecule has 4 rings (SSSR count). The zero-order valence-corrected chi connectivity index (χ0v) is 25.8. The van der Waals surface area contributed by atoms with Crippen LogP contribution in [0.2, 0.25) is 0 Å². The zero-order chi connectivity index (χ0) is 30.1. The number of amides is 3. The minimum atomic E-state index is -0.859. The van der Waals surface area contributed by atoms with Crippen molar-refractivity contribution in [2.75, 3.05) is 13.4 Å². The Morgan fingerprint density at radius 1 is 1.00 bits per heavy atom. The maximum atomic E-state index is 13.9. The summed E-state index contributed by atoms with van der Waals surface area (Å²) in [5.41, 5.74) is 1.61. The van der Waals surface area contributed by atoms with Crippen LogP contribution in [0.4, 0.5) is 9.59 Å². The molecule has 0 aliphatic heterocycles. The van der Waals surface area contributed by atoms with Gasteiger partial charge in [-0.25, -0.2) is 14.4 Å². The van der Waals surface area contributed by atoms with E-state index in [-0.39, 0.29) is 47.4 Å². The molecule has 9 heteroatoms. The van der Waals surface area contributed by atoms with Crippen molar-refractivity contribution < 1.29 is 33.4 Å². The van der Waals surface area contributed by atoms with Crippen molar-refractivity contribution in [3.05, 3.63) is 23.3 Å². The maximum Gasteiger partial charge on any atom is 0.511 e. The molecule has 9 nitrogen and oxygen atoms in total. The summed E-state index contributed by atoms with van der Waals surface area (Å²) in [7, 11) is 0. The SMILES string of the molecule is CCOC(=O)OCOC(=O)C1=CC2=CC[C@H]3[C@@H]4CC[C@H](C(=O)N(C(=O)NC(C)C)C(C)C)[C@@]4(C)CC[C@@H]3[C@@]2(C)CC1. The Labute approximate surface area is 244 Å². The van der Waals surface area contributed by atoms with E-state index in [0.717, 1.165) is 38.5 Å². The van der Waals surface area contributed by atoms with Gasteiger partial charge in [0.25, 0.3) is 0 Å². The van der Waals surface area contributed by atoms with Crippen molar-refractivity contribution in [3.8, 4) is 0 Å². The van der Waals surface area contributed by atoms with Crippen LogP contribution in [0.25, 0.3) is 0 Å². The predicted octanol–water partition coefficient (Wildman–Crippen LogP) is 6.13. The van der Waals surface area contributed by atoms with Gasteiger partial charge in [0, 0.05) is 23.6 Å². The standard InChI is InChI=1S/C32H48N2O7/c1-8-39-30(38)41-18-40-28(36)21-13-15-31(6)22(17-21)9-10-23-24-11-12-26(32(24,7)16-14-25(23)31)27(35)34(20(4)5)29(37)33-19(2)3/h9,17,19-20,23-26H,8,10-16,18H2,1-7H3,(H,33,37)/t23-,24-,25-,26+,31-,32-/m0/s1. The molecule has 0 bridgehead atoms. The molecule has 0 spiro atoms. The van der Waals surface area contributed by atoms with E-state index < -0.39 is 18.9 Å². The lowest BCUT2D eigenvalue weighted by atomic mass is 9.48. The van der Waals surface area contributed by atoms with Gasteiger partial charge in [-0.2, -0.15) is 0 Å². The van der Waals surface area contributed by atoms with Crippen LogP contribution in [0.3, 0.4) is 0 Å². The first-order valence-electron chi connectivity index (χ1n) is 15.3. The topological polar surface area (TPSA) is 111 Å². The summed E-state index contributed by atoms with van der Waals surface area (Å²) in [6, 6.07) is -0.534. The number of imide groups is 1. The van der Waals surface area contributed by atoms with E-state index in [4.69, 9.17) is 14.2 Å². The fourth-order valence-electron chi connectivity index (χ4n) is 8.35. The van der Waals surface area contributed by atoms with E-state index in [0.29, 0.717) is 29.7 Å². The van der Waals surface area contributed by atoms with E-state index in [1.165, 1.54) is 10.5 Å². The molecule has 41 heavy (non-hydrogen) atoms. The number of ether oxygens (including phenoxy) is 3. The Bertz CT molecular complexity index is 1110. The summed E-state index contributed by atoms with van der Waals surface area (Å²) in [6.07, 6.45) is 9.59. The molecule has 2 saturated carbocycles. The van der Waals surface area contributed by atoms with Crippen LogP contribution in [-0.4, -0.2) is 54.4 Å². The van der Waals surface area contributed by atoms with E-state index in [9.17, 15) is 19.2 Å². The van der Waals surface area contributed by atoms with Gasteiger partial charge in [-0.15, -0.1) is 0 Å². The van der Waals surface area contributed by atoms with Crippen molar-refractivity contribution in [2.24, 2.45) is 34.5 Å². The van der Waals surface area contributed by atoms with Gasteiger partial charge in [0.2, 0.25) is 12.7 Å². The number of rotatable bonds is 7. The number of nitrogens with one attached hydrogen (secondary N) is 1. The van der Waals surface area contributed by atoms with Gasteiger partial charge in [-0.3, -0.25) is 9.69 Å². The zero-order valence-electron chi connectivity index (χ0n) is 25.8. The third-order valence-electron chi connectivity index (χ3n) is 10.3. The molecule has 4 aliphatic carbocycles. The van der Waals surface area contributed by atoms with Crippen molar-refractivity contribution in [1.29, 1.82) is 0 Å². The van der Waals surface area contributed by atoms with Gasteiger partial charge in [-0.1, -0.05) is 19.9 Å². The summed E-state index contributed by atoms with van der Waals surface area (Å²) in [4.78, 5) is 52.4. The molecule has 0 saturated heterocycles. The molecular formula is C32H48N2O7. The molecule has 2 fully saturated rings. The molecule has 0 aromatic carbocycles. The minimum absolute atomic E-state index is 0.0319. The van der Waals surface area contributed by atoms with Gasteiger partial charge in [0.05, 0.1) is 6.61 Å². The third-order valence-corrected chi connectivity index (χ3v) is 10.3. The number of urea groups is 1. The van der Waals surface area contributed by atoms with Gasteiger partial charge >= 0.3 is 18.2 Å². The highest BCUT2D eigenvalue weighted by Crippen LogP contribution is 2.66. The monoisotopic (exact) mass is 572 g/mol. The van der Waals surface area contributed by atoms with Crippen molar-refractivity contribution >= 4 is 24.1 Å². The van der Waals surface area contributed by atoms with Crippen LogP contribution in [0.1, 0.15) is 93.4 Å². The molecule has 6 atom stereocenters. The first kappa shape index (κ1) is 31.1. The normalized spacial score (nSPS) is 32.1. The Kier molecular flexibility index (Phi) is 9.24. The lowest BCUT2D eigenvalue weighted by Gasteiger charge is -2.57. The second-order valence-corrected chi connectivity index (χ2v) is 13.3. The molecule has 228 valence electrons. The Balaban J connectivity index is 1.48. The molecule has 0 unspecified atom stereocenters. The Morgan fingerprint density at radius 2 is 1.73 bits per heavy atom. The number of nitrogens with zero attached hydrogens (tertiary/aromatic N) is 1. The molecule has 0 radical (unpaired) electrons. The summed E-state index contributed by atoms with van der Waals surface area (Å²) >= 11 is 0. The first-order chi connectivity index (χ1) is 19.3. The highest BCUT2D eigenvalue weighted by molar-refractivity contribution is 5.96. The first-order valence-corrected chi connectivity index (χ1v) is 15.3. The molecule has 3 amide bonds. The van der Waals surface area contributed by atoms with E-state index >= 15 is 0 Å². The van der Waals surface area contributed by atoms with Crippen molar-refractivity contribution in [2.45, 2.75) is 105 Å². The number of allylic oxidation sites excluding steroid dienone is 3. The number of esters is 1. The van der Waals surface area contributed by atoms with Crippen LogP contribution in [0, 0.1) is 34.5 Å². The smallest absolute Gasteiger partial charge is 0.435 e. The summed E-state index contributed by atoms with van der Waals surface area (Å²) in [5.74, 6) is 0.705. The summed E-state index contributed by atoms with van der Waals surface area (Å²) in [5, 5.41) is 2.92. The average Bonchev–Trinajstić information content (AvgIpc) is 3.25. The fraction of sp³-hybridized carbons (Fsp3) is 0.750. The van der Waals surface area contributed by atoms with E-state index in [2.05, 4.69) is 25.2 Å². The van der Waals surface area contributed by atoms with Gasteiger partial charge in [-0.05, 0) is 120 Å². The number of carbonyl (C=O) groups is 4. The van der Waals surface area contributed by atoms with Crippen LogP contribution >= 0.6 is 0 Å². The second-order valence-electron chi connectivity index (χ2n) is 13.3. The van der Waals surface area contributed by atoms with Crippen molar-refractivity contribution in [3.63, 3.8) is 0 Å². The average molecular weight is 573 g/mol. The number of hydrogen-bond acceptors (Lipinski definition) is 7. The van der Waals surface area contributed by atoms with Crippen molar-refractivity contribution in [1.82, 2.24) is 10.2 Å². The summed E-state index contributed by atoms with van der Waals surface area (Å²) in [6.45, 7) is 13.6. The largest absolute Gasteiger partial charge is 0.511 e. The van der Waals surface area contributed by atoms with Gasteiger partial charge < -0.3 is 19.5 Å². The van der Waals surface area contributed by atoms with Crippen LogP contribution in [-0.2, 0) is 23.8 Å². The van der Waals surface area contributed by atoms with E-state index in [1.807, 2.05) is 33.8 Å². The minimum Gasteiger partial charge on any atom is -0.435 e. The molecule has 0 heterocycles. The third kappa shape index (κ3) is 5.91. The molecule has 4 aliphatic rings. The molecule has 0 aromatic rings. The van der Waals surface area contributed by atoms with E-state index in [1.54, 1.807) is 6.92 Å². The maximum absolute atomic E-state index is 13.9. The molecular weight excluding hydrogens is 524 g/mol. The van der Waals surface area contributed by atoms with Crippen LogP contribution < -0.4 is 5.32 Å². The quantitative estimate of drug-likeness (QED) is 0.289. The number of fused-ring (bicyclic) bond motifs is 5. The van der Waals surface area contributed by atoms with Gasteiger partial charge in [0.15, 0.2) is 0 Å². The summed E-state index contributed by atoms with van der Waals surface area (Å²) < 4.78 is 14.6. The highest BCUT2D eigenvalue weighted by Gasteiger charge is 2.60. The van der Waals surface area contributed by atoms with Crippen LogP contribution in [0.15, 0.2) is 23.3 Å². The Morgan fingerprint density at radius 3 is 2.39 bits per heavy atom. The number of hydrogen-bond donors (Lipinski definition) is 1. The Hall–Kier alpha value is -2.84. The molecule has 1 N–H and O–H groups in total. The second kappa shape index (κ2) is 12.2. The fourth-order valence-corrected chi connectivity index (χ4v) is 8.35. The lowest BCUT2D eigenvalue weighted by molar-refractivity contribution is -0.148. The lowest BCUT2D eigenvalue weighted by Crippen LogP contribution is -2.55. The van der Waals surface area contributed by atoms with Gasteiger partial charge in [0.1, 0.15) is 0 Å².